The van der Waals surface area contributed by atoms with E-state index >= 15 is 0 Å². The summed E-state index contributed by atoms with van der Waals surface area (Å²) in [7, 11) is 0. The molecule has 1 saturated carbocycles. The zero-order valence-electron chi connectivity index (χ0n) is 9.68. The van der Waals surface area contributed by atoms with E-state index in [0.717, 1.165) is 30.4 Å². The highest BCUT2D eigenvalue weighted by molar-refractivity contribution is 9.10. The third-order valence-corrected chi connectivity index (χ3v) is 4.23. The van der Waals surface area contributed by atoms with Crippen molar-refractivity contribution in [3.8, 4) is 0 Å². The van der Waals surface area contributed by atoms with E-state index < -0.39 is 0 Å². The molecule has 0 atom stereocenters. The van der Waals surface area contributed by atoms with Gasteiger partial charge in [0.2, 0.25) is 5.91 Å². The Morgan fingerprint density at radius 3 is 2.65 bits per heavy atom. The van der Waals surface area contributed by atoms with Crippen LogP contribution in [0.2, 0.25) is 0 Å². The highest BCUT2D eigenvalue weighted by Gasteiger charge is 2.36. The molecule has 92 valence electrons. The fourth-order valence-corrected chi connectivity index (χ4v) is 3.05. The molecule has 5 heteroatoms. The summed E-state index contributed by atoms with van der Waals surface area (Å²) in [6, 6.07) is 0.367. The molecule has 1 saturated heterocycles. The molecule has 0 spiro atoms. The Bertz CT molecular complexity index is 419. The van der Waals surface area contributed by atoms with Crippen molar-refractivity contribution in [2.45, 2.75) is 31.7 Å². The summed E-state index contributed by atoms with van der Waals surface area (Å²) in [5, 5.41) is 4.26. The largest absolute Gasteiger partial charge is 0.338 e. The van der Waals surface area contributed by atoms with Crippen LogP contribution in [0.4, 0.5) is 0 Å². The first-order valence-corrected chi connectivity index (χ1v) is 7.02. The summed E-state index contributed by atoms with van der Waals surface area (Å²) < 4.78 is 2.95. The van der Waals surface area contributed by atoms with Gasteiger partial charge in [0.05, 0.1) is 16.7 Å². The Morgan fingerprint density at radius 1 is 1.35 bits per heavy atom. The highest BCUT2D eigenvalue weighted by Crippen LogP contribution is 2.30. The molecule has 0 aromatic carbocycles. The first-order valence-electron chi connectivity index (χ1n) is 6.22. The van der Waals surface area contributed by atoms with E-state index in [2.05, 4.69) is 21.0 Å². The molecular formula is C12H16BrN3O. The van der Waals surface area contributed by atoms with Crippen LogP contribution in [0, 0.1) is 5.92 Å². The van der Waals surface area contributed by atoms with Crippen LogP contribution < -0.4 is 0 Å². The summed E-state index contributed by atoms with van der Waals surface area (Å²) in [5.41, 5.74) is 0. The molecule has 4 nitrogen and oxygen atoms in total. The van der Waals surface area contributed by atoms with Gasteiger partial charge in [0.25, 0.3) is 0 Å². The maximum Gasteiger partial charge on any atom is 0.225 e. The van der Waals surface area contributed by atoms with Gasteiger partial charge in [-0.15, -0.1) is 0 Å². The van der Waals surface area contributed by atoms with Crippen molar-refractivity contribution in [2.24, 2.45) is 5.92 Å². The minimum absolute atomic E-state index is 0.306. The standard InChI is InChI=1S/C12H16BrN3O/c13-10-5-14-16(6-10)11-7-15(8-11)12(17)9-3-1-2-4-9/h5-6,9,11H,1-4,7-8H2. The molecule has 0 N–H and O–H groups in total. The van der Waals surface area contributed by atoms with E-state index in [0.29, 0.717) is 17.9 Å². The number of nitrogens with zero attached hydrogens (tertiary/aromatic N) is 3. The average Bonchev–Trinajstić information content (AvgIpc) is 2.86. The third kappa shape index (κ3) is 2.12. The molecule has 1 aromatic heterocycles. The summed E-state index contributed by atoms with van der Waals surface area (Å²) in [4.78, 5) is 14.1. The van der Waals surface area contributed by atoms with Crippen molar-refractivity contribution in [1.29, 1.82) is 0 Å². The molecule has 0 radical (unpaired) electrons. The molecule has 1 aliphatic heterocycles. The predicted molar refractivity (Wildman–Crippen MR) is 67.5 cm³/mol. The molecule has 1 aromatic rings. The third-order valence-electron chi connectivity index (χ3n) is 3.82. The second kappa shape index (κ2) is 4.44. The number of hydrogen-bond acceptors (Lipinski definition) is 2. The zero-order valence-corrected chi connectivity index (χ0v) is 11.3. The lowest BCUT2D eigenvalue weighted by molar-refractivity contribution is -0.141. The SMILES string of the molecule is O=C(C1CCCC1)N1CC(n2cc(Br)cn2)C1. The highest BCUT2D eigenvalue weighted by atomic mass is 79.9. The fraction of sp³-hybridized carbons (Fsp3) is 0.667. The number of rotatable bonds is 2. The molecule has 1 amide bonds. The van der Waals surface area contributed by atoms with Gasteiger partial charge in [-0.2, -0.15) is 5.10 Å². The Morgan fingerprint density at radius 2 is 2.06 bits per heavy atom. The molecule has 0 unspecified atom stereocenters. The van der Waals surface area contributed by atoms with Gasteiger partial charge in [-0.3, -0.25) is 9.48 Å². The van der Waals surface area contributed by atoms with Gasteiger partial charge >= 0.3 is 0 Å². The Kier molecular flexibility index (Phi) is 2.94. The molecule has 1 aliphatic carbocycles. The van der Waals surface area contributed by atoms with Gasteiger partial charge in [0.1, 0.15) is 0 Å². The van der Waals surface area contributed by atoms with Gasteiger partial charge in [-0.25, -0.2) is 0 Å². The van der Waals surface area contributed by atoms with E-state index in [-0.39, 0.29) is 0 Å². The first kappa shape index (κ1) is 11.3. The number of likely N-dealkylation sites (tertiary alicyclic amines) is 1. The van der Waals surface area contributed by atoms with E-state index in [1.54, 1.807) is 6.20 Å². The number of aromatic nitrogens is 2. The van der Waals surface area contributed by atoms with Gasteiger partial charge in [-0.1, -0.05) is 12.8 Å². The summed E-state index contributed by atoms with van der Waals surface area (Å²) in [6.07, 6.45) is 8.39. The lowest BCUT2D eigenvalue weighted by Crippen LogP contribution is -2.52. The van der Waals surface area contributed by atoms with Crippen LogP contribution in [0.15, 0.2) is 16.9 Å². The van der Waals surface area contributed by atoms with Crippen LogP contribution >= 0.6 is 15.9 Å². The van der Waals surface area contributed by atoms with Crippen molar-refractivity contribution >= 4 is 21.8 Å². The van der Waals surface area contributed by atoms with Crippen LogP contribution in [0.1, 0.15) is 31.7 Å². The van der Waals surface area contributed by atoms with Crippen molar-refractivity contribution < 1.29 is 4.79 Å². The normalized spacial score (nSPS) is 21.8. The van der Waals surface area contributed by atoms with E-state index in [4.69, 9.17) is 0 Å². The minimum atomic E-state index is 0.306. The Labute approximate surface area is 109 Å². The van der Waals surface area contributed by atoms with Gasteiger partial charge in [0.15, 0.2) is 0 Å². The van der Waals surface area contributed by atoms with Crippen LogP contribution in [-0.2, 0) is 4.79 Å². The van der Waals surface area contributed by atoms with Crippen molar-refractivity contribution in [1.82, 2.24) is 14.7 Å². The second-order valence-corrected chi connectivity index (χ2v) is 5.93. The van der Waals surface area contributed by atoms with Crippen LogP contribution in [0.25, 0.3) is 0 Å². The quantitative estimate of drug-likeness (QED) is 0.839. The smallest absolute Gasteiger partial charge is 0.225 e. The molecule has 0 bridgehead atoms. The van der Waals surface area contributed by atoms with Crippen molar-refractivity contribution in [2.75, 3.05) is 13.1 Å². The maximum absolute atomic E-state index is 12.1. The monoisotopic (exact) mass is 297 g/mol. The van der Waals surface area contributed by atoms with E-state index in [9.17, 15) is 4.79 Å². The summed E-state index contributed by atoms with van der Waals surface area (Å²) in [5.74, 6) is 0.672. The van der Waals surface area contributed by atoms with Gasteiger partial charge < -0.3 is 4.90 Å². The average molecular weight is 298 g/mol. The summed E-state index contributed by atoms with van der Waals surface area (Å²) >= 11 is 3.39. The topological polar surface area (TPSA) is 38.1 Å². The van der Waals surface area contributed by atoms with Crippen LogP contribution in [-0.4, -0.2) is 33.7 Å². The minimum Gasteiger partial charge on any atom is -0.338 e. The molecule has 17 heavy (non-hydrogen) atoms. The second-order valence-electron chi connectivity index (χ2n) is 5.02. The molecular weight excluding hydrogens is 282 g/mol. The molecule has 2 heterocycles. The van der Waals surface area contributed by atoms with Crippen molar-refractivity contribution in [3.05, 3.63) is 16.9 Å². The van der Waals surface area contributed by atoms with Gasteiger partial charge in [0, 0.05) is 25.2 Å². The fourth-order valence-electron chi connectivity index (χ4n) is 2.75. The predicted octanol–water partition coefficient (Wildman–Crippen LogP) is 2.22. The van der Waals surface area contributed by atoms with Gasteiger partial charge in [-0.05, 0) is 28.8 Å². The number of halogens is 1. The maximum atomic E-state index is 12.1. The molecule has 3 rings (SSSR count). The molecule has 2 fully saturated rings. The summed E-state index contributed by atoms with van der Waals surface area (Å²) in [6.45, 7) is 1.65. The number of carbonyl (C=O) groups excluding carboxylic acids is 1. The van der Waals surface area contributed by atoms with Crippen molar-refractivity contribution in [3.63, 3.8) is 0 Å². The van der Waals surface area contributed by atoms with E-state index in [1.165, 1.54) is 12.8 Å². The van der Waals surface area contributed by atoms with Crippen LogP contribution in [0.3, 0.4) is 0 Å². The Hall–Kier alpha value is -0.840. The number of amides is 1. The zero-order chi connectivity index (χ0) is 11.8. The Balaban J connectivity index is 1.55. The molecule has 2 aliphatic rings. The van der Waals surface area contributed by atoms with E-state index in [1.807, 2.05) is 15.8 Å². The lowest BCUT2D eigenvalue weighted by atomic mass is 10.0. The number of hydrogen-bond donors (Lipinski definition) is 0. The lowest BCUT2D eigenvalue weighted by Gasteiger charge is -2.40. The first-order chi connectivity index (χ1) is 8.24. The number of carbonyl (C=O) groups is 1. The van der Waals surface area contributed by atoms with Crippen LogP contribution in [0.5, 0.6) is 0 Å².